The SMILES string of the molecule is CCOc1ccc2nc3c(nc2c1)O[C@H]1CN(C(=O)[C@H](C(C)(C)C)NC(=O)O[C@@H]2C[C@H]2CCCCCC3)[C@H](C(C)=O)[C@@H]1C. The van der Waals surface area contributed by atoms with Crippen molar-refractivity contribution in [3.63, 3.8) is 0 Å². The monoisotopic (exact) mass is 594 g/mol. The zero-order valence-electron chi connectivity index (χ0n) is 26.4. The van der Waals surface area contributed by atoms with Crippen molar-refractivity contribution in [1.29, 1.82) is 0 Å². The van der Waals surface area contributed by atoms with E-state index >= 15 is 0 Å². The van der Waals surface area contributed by atoms with Gasteiger partial charge in [-0.05, 0) is 63.0 Å². The maximum Gasteiger partial charge on any atom is 0.408 e. The Labute approximate surface area is 254 Å². The molecule has 3 aliphatic rings. The van der Waals surface area contributed by atoms with E-state index in [4.69, 9.17) is 24.2 Å². The number of carbonyl (C=O) groups excluding carboxylic acids is 3. The Kier molecular flexibility index (Phi) is 9.13. The van der Waals surface area contributed by atoms with E-state index in [9.17, 15) is 14.4 Å². The van der Waals surface area contributed by atoms with E-state index in [1.807, 2.05) is 52.8 Å². The molecule has 2 amide bonds. The zero-order valence-corrected chi connectivity index (χ0v) is 26.4. The van der Waals surface area contributed by atoms with E-state index in [0.717, 1.165) is 49.7 Å². The van der Waals surface area contributed by atoms with Gasteiger partial charge in [-0.25, -0.2) is 14.8 Å². The van der Waals surface area contributed by atoms with Crippen molar-refractivity contribution in [2.45, 2.75) is 111 Å². The fourth-order valence-electron chi connectivity index (χ4n) is 6.46. The number of ether oxygens (including phenoxy) is 3. The Morgan fingerprint density at radius 3 is 2.56 bits per heavy atom. The normalized spacial score (nSPS) is 28.7. The molecule has 10 heteroatoms. The number of alkyl carbamates (subject to hydrolysis) is 1. The molecule has 0 unspecified atom stereocenters. The summed E-state index contributed by atoms with van der Waals surface area (Å²) in [4.78, 5) is 51.4. The highest BCUT2D eigenvalue weighted by Crippen LogP contribution is 2.39. The fourth-order valence-corrected chi connectivity index (χ4v) is 6.46. The van der Waals surface area contributed by atoms with E-state index in [1.54, 1.807) is 4.90 Å². The van der Waals surface area contributed by atoms with Crippen LogP contribution in [0.1, 0.15) is 85.8 Å². The molecule has 1 saturated heterocycles. The Morgan fingerprint density at radius 2 is 1.84 bits per heavy atom. The van der Waals surface area contributed by atoms with Crippen molar-refractivity contribution in [1.82, 2.24) is 20.2 Å². The summed E-state index contributed by atoms with van der Waals surface area (Å²) in [6.45, 7) is 11.8. The van der Waals surface area contributed by atoms with Crippen LogP contribution in [-0.4, -0.2) is 70.1 Å². The van der Waals surface area contributed by atoms with Crippen LogP contribution < -0.4 is 14.8 Å². The molecule has 3 heterocycles. The standard InChI is InChI=1S/C33H46N4O6/c1-7-41-22-14-15-23-25(17-22)35-30-24(34-23)13-11-9-8-10-12-21-16-26(21)43-32(40)36-29(33(4,5)6)31(39)37-18-27(42-30)19(2)28(37)20(3)38/h14-15,17,19,21,26-29H,7-13,16,18H2,1-6H3,(H,36,40)/t19-,21-,26-,27+,28+,29-/m1/s1. The molecule has 1 saturated carbocycles. The largest absolute Gasteiger partial charge is 0.494 e. The van der Waals surface area contributed by atoms with Crippen LogP contribution in [0.2, 0.25) is 0 Å². The molecular formula is C33H46N4O6. The van der Waals surface area contributed by atoms with E-state index < -0.39 is 29.7 Å². The molecule has 2 bridgehead atoms. The third-order valence-corrected chi connectivity index (χ3v) is 8.97. The van der Waals surface area contributed by atoms with Gasteiger partial charge in [0.2, 0.25) is 11.8 Å². The van der Waals surface area contributed by atoms with Gasteiger partial charge in [0.15, 0.2) is 5.78 Å². The van der Waals surface area contributed by atoms with E-state index in [-0.39, 0.29) is 30.3 Å². The van der Waals surface area contributed by atoms with Gasteiger partial charge in [-0.2, -0.15) is 0 Å². The number of fused-ring (bicyclic) bond motifs is 5. The van der Waals surface area contributed by atoms with E-state index in [1.165, 1.54) is 6.92 Å². The van der Waals surface area contributed by atoms with Crippen LogP contribution in [0.5, 0.6) is 11.6 Å². The molecule has 2 fully saturated rings. The van der Waals surface area contributed by atoms with Crippen LogP contribution in [0.3, 0.4) is 0 Å². The van der Waals surface area contributed by atoms with Crippen molar-refractivity contribution < 1.29 is 28.6 Å². The molecule has 2 aromatic rings. The number of Topliss-reactive ketones (excluding diaryl/α,β-unsaturated/α-hetero) is 1. The number of hydrogen-bond donors (Lipinski definition) is 1. The number of aryl methyl sites for hydroxylation is 1. The lowest BCUT2D eigenvalue weighted by Crippen LogP contribution is -2.57. The summed E-state index contributed by atoms with van der Waals surface area (Å²) in [6.07, 6.45) is 5.55. The van der Waals surface area contributed by atoms with Crippen molar-refractivity contribution in [3.05, 3.63) is 23.9 Å². The van der Waals surface area contributed by atoms with Gasteiger partial charge in [-0.15, -0.1) is 0 Å². The second-order valence-electron chi connectivity index (χ2n) is 13.5. The average molecular weight is 595 g/mol. The van der Waals surface area contributed by atoms with Gasteiger partial charge < -0.3 is 24.4 Å². The van der Waals surface area contributed by atoms with Gasteiger partial charge >= 0.3 is 6.09 Å². The average Bonchev–Trinajstić information content (AvgIpc) is 3.58. The number of nitrogens with zero attached hydrogens (tertiary/aromatic N) is 3. The minimum atomic E-state index is -0.875. The zero-order chi connectivity index (χ0) is 30.9. The molecule has 10 nitrogen and oxygen atoms in total. The van der Waals surface area contributed by atoms with Crippen LogP contribution in [-0.2, 0) is 20.7 Å². The van der Waals surface area contributed by atoms with Crippen LogP contribution in [0.25, 0.3) is 11.0 Å². The number of aromatic nitrogens is 2. The molecule has 43 heavy (non-hydrogen) atoms. The summed E-state index contributed by atoms with van der Waals surface area (Å²) in [5, 5.41) is 2.85. The molecule has 234 valence electrons. The Balaban J connectivity index is 1.49. The quantitative estimate of drug-likeness (QED) is 0.512. The van der Waals surface area contributed by atoms with Gasteiger partial charge in [0, 0.05) is 12.0 Å². The summed E-state index contributed by atoms with van der Waals surface area (Å²) >= 11 is 0. The third kappa shape index (κ3) is 7.04. The summed E-state index contributed by atoms with van der Waals surface area (Å²) in [5.41, 5.74) is 1.60. The van der Waals surface area contributed by atoms with Gasteiger partial charge in [0.1, 0.15) is 29.7 Å². The topological polar surface area (TPSA) is 120 Å². The molecule has 1 aromatic heterocycles. The Bertz CT molecular complexity index is 1360. The summed E-state index contributed by atoms with van der Waals surface area (Å²) in [7, 11) is 0. The predicted molar refractivity (Wildman–Crippen MR) is 162 cm³/mol. The Hall–Kier alpha value is -3.43. The van der Waals surface area contributed by atoms with Crippen LogP contribution >= 0.6 is 0 Å². The number of hydrogen-bond acceptors (Lipinski definition) is 8. The lowest BCUT2D eigenvalue weighted by molar-refractivity contribution is -0.141. The third-order valence-electron chi connectivity index (χ3n) is 8.97. The number of nitrogens with one attached hydrogen (secondary N) is 1. The molecule has 1 aromatic carbocycles. The van der Waals surface area contributed by atoms with Crippen molar-refractivity contribution >= 4 is 28.8 Å². The smallest absolute Gasteiger partial charge is 0.408 e. The van der Waals surface area contributed by atoms with Gasteiger partial charge in [-0.3, -0.25) is 9.59 Å². The lowest BCUT2D eigenvalue weighted by Gasteiger charge is -2.35. The molecule has 6 atom stereocenters. The van der Waals surface area contributed by atoms with Crippen molar-refractivity contribution in [2.24, 2.45) is 17.3 Å². The molecular weight excluding hydrogens is 548 g/mol. The molecule has 0 spiro atoms. The molecule has 2 aliphatic heterocycles. The highest BCUT2D eigenvalue weighted by Gasteiger charge is 2.49. The van der Waals surface area contributed by atoms with Crippen molar-refractivity contribution in [3.8, 4) is 11.6 Å². The first-order valence-electron chi connectivity index (χ1n) is 15.8. The second-order valence-corrected chi connectivity index (χ2v) is 13.5. The maximum atomic E-state index is 14.1. The van der Waals surface area contributed by atoms with Crippen LogP contribution in [0.4, 0.5) is 4.79 Å². The van der Waals surface area contributed by atoms with Gasteiger partial charge in [0.25, 0.3) is 0 Å². The maximum absolute atomic E-state index is 14.1. The number of benzene rings is 1. The minimum Gasteiger partial charge on any atom is -0.494 e. The highest BCUT2D eigenvalue weighted by atomic mass is 16.6. The highest BCUT2D eigenvalue weighted by molar-refractivity contribution is 5.92. The second kappa shape index (κ2) is 12.7. The number of carbonyl (C=O) groups is 3. The lowest BCUT2D eigenvalue weighted by atomic mass is 9.85. The molecule has 1 N–H and O–H groups in total. The van der Waals surface area contributed by atoms with Gasteiger partial charge in [0.05, 0.1) is 30.2 Å². The summed E-state index contributed by atoms with van der Waals surface area (Å²) in [6, 6.07) is 4.11. The fraction of sp³-hybridized carbons (Fsp3) is 0.667. The van der Waals surface area contributed by atoms with Gasteiger partial charge in [-0.1, -0.05) is 47.0 Å². The first-order valence-corrected chi connectivity index (χ1v) is 15.8. The van der Waals surface area contributed by atoms with E-state index in [2.05, 4.69) is 5.32 Å². The summed E-state index contributed by atoms with van der Waals surface area (Å²) < 4.78 is 18.0. The van der Waals surface area contributed by atoms with Crippen molar-refractivity contribution in [2.75, 3.05) is 13.2 Å². The minimum absolute atomic E-state index is 0.106. The number of amides is 2. The molecule has 5 rings (SSSR count). The first-order chi connectivity index (χ1) is 20.5. The van der Waals surface area contributed by atoms with Crippen LogP contribution in [0.15, 0.2) is 18.2 Å². The molecule has 0 radical (unpaired) electrons. The number of rotatable bonds is 3. The van der Waals surface area contributed by atoms with E-state index in [0.29, 0.717) is 36.1 Å². The summed E-state index contributed by atoms with van der Waals surface area (Å²) in [5.74, 6) is 0.761. The number of ketones is 1. The first kappa shape index (κ1) is 31.0. The Morgan fingerprint density at radius 1 is 1.07 bits per heavy atom. The molecule has 1 aliphatic carbocycles. The predicted octanol–water partition coefficient (Wildman–Crippen LogP) is 5.25. The van der Waals surface area contributed by atoms with Crippen LogP contribution in [0, 0.1) is 17.3 Å².